The molecule has 0 fully saturated rings. The second-order valence-electron chi connectivity index (χ2n) is 8.06. The van der Waals surface area contributed by atoms with Gasteiger partial charge in [-0.2, -0.15) is 10.5 Å². The van der Waals surface area contributed by atoms with Gasteiger partial charge < -0.3 is 5.32 Å². The van der Waals surface area contributed by atoms with Gasteiger partial charge in [-0.1, -0.05) is 62.9 Å². The van der Waals surface area contributed by atoms with Gasteiger partial charge in [0.2, 0.25) is 5.91 Å². The Morgan fingerprint density at radius 3 is 2.24 bits per heavy atom. The van der Waals surface area contributed by atoms with Crippen LogP contribution in [0.1, 0.15) is 51.0 Å². The Balaban J connectivity index is 2.52. The first-order valence-corrected chi connectivity index (χ1v) is 11.5. The molecule has 2 aromatic rings. The molecule has 0 aromatic heterocycles. The van der Waals surface area contributed by atoms with Gasteiger partial charge in [0.05, 0.1) is 15.4 Å². The van der Waals surface area contributed by atoms with Crippen LogP contribution in [0, 0.1) is 47.8 Å². The number of nitro groups is 2. The van der Waals surface area contributed by atoms with Crippen molar-refractivity contribution in [2.45, 2.75) is 51.9 Å². The topological polar surface area (TPSA) is 192 Å². The summed E-state index contributed by atoms with van der Waals surface area (Å²) in [5.74, 6) is -0.609. The van der Waals surface area contributed by atoms with E-state index in [2.05, 4.69) is 10.5 Å². The van der Waals surface area contributed by atoms with E-state index in [-0.39, 0.29) is 24.0 Å². The van der Waals surface area contributed by atoms with Crippen LogP contribution in [0.3, 0.4) is 0 Å². The Bertz CT molecular complexity index is 1380. The Labute approximate surface area is 211 Å². The summed E-state index contributed by atoms with van der Waals surface area (Å²) >= 11 is 0. The maximum absolute atomic E-state index is 12.5. The van der Waals surface area contributed by atoms with E-state index in [4.69, 9.17) is 10.5 Å². The van der Waals surface area contributed by atoms with Crippen LogP contribution < -0.4 is 15.8 Å². The van der Waals surface area contributed by atoms with E-state index in [9.17, 15) is 29.9 Å². The van der Waals surface area contributed by atoms with Gasteiger partial charge in [-0.15, -0.1) is 4.91 Å². The van der Waals surface area contributed by atoms with Gasteiger partial charge in [0.1, 0.15) is 23.4 Å². The third kappa shape index (κ3) is 7.50. The summed E-state index contributed by atoms with van der Waals surface area (Å²) in [6, 6.07) is 10.5. The summed E-state index contributed by atoms with van der Waals surface area (Å²) in [5.41, 5.74) is -2.95. The molecule has 0 heterocycles. The first-order chi connectivity index (χ1) is 17.8. The molecule has 0 radical (unpaired) electrons. The van der Waals surface area contributed by atoms with E-state index in [0.29, 0.717) is 16.9 Å². The highest BCUT2D eigenvalue weighted by atomic mass is 16.6. The number of carbonyl (C=O) groups is 1. The number of nitriles is 2. The molecule has 37 heavy (non-hydrogen) atoms. The minimum absolute atomic E-state index is 0.0317. The molecule has 2 aromatic carbocycles. The number of hydrogen-bond donors (Lipinski definition) is 1. The fourth-order valence-corrected chi connectivity index (χ4v) is 3.68. The summed E-state index contributed by atoms with van der Waals surface area (Å²) < 4.78 is 0. The molecule has 0 aliphatic rings. The number of nitrogens with one attached hydrogen (secondary N) is 1. The minimum atomic E-state index is -0.913. The molecule has 0 aliphatic heterocycles. The van der Waals surface area contributed by atoms with Gasteiger partial charge in [-0.25, -0.2) is 0 Å². The molecule has 0 unspecified atom stereocenters. The molecule has 2 rings (SSSR count). The summed E-state index contributed by atoms with van der Waals surface area (Å²) in [5, 5.41) is 47.6. The van der Waals surface area contributed by atoms with Crippen molar-refractivity contribution in [2.75, 3.05) is 5.32 Å². The van der Waals surface area contributed by atoms with Gasteiger partial charge in [-0.05, 0) is 16.8 Å². The predicted octanol–water partition coefficient (Wildman–Crippen LogP) is 4.42. The van der Waals surface area contributed by atoms with Crippen molar-refractivity contribution in [1.29, 1.82) is 10.5 Å². The zero-order valence-corrected chi connectivity index (χ0v) is 20.1. The SMILES string of the molecule is CCCCCCCC(=O)Nc1c([N+](=O)[O-])cc(N=O)c(CC=c2ccc(=C(C#N)C#N)cc2)c1[N+](=O)[O-]. The molecule has 0 spiro atoms. The largest absolute Gasteiger partial charge is 0.315 e. The van der Waals surface area contributed by atoms with Crippen molar-refractivity contribution >= 4 is 40.3 Å². The second-order valence-corrected chi connectivity index (χ2v) is 8.06. The van der Waals surface area contributed by atoms with Gasteiger partial charge in [0.15, 0.2) is 5.69 Å². The molecule has 12 nitrogen and oxygen atoms in total. The van der Waals surface area contributed by atoms with Crippen LogP contribution in [0.4, 0.5) is 22.7 Å². The molecule has 190 valence electrons. The third-order valence-corrected chi connectivity index (χ3v) is 5.58. The molecular weight excluding hydrogens is 480 g/mol. The molecule has 0 saturated heterocycles. The molecular formula is C25H24N6O6. The molecule has 0 saturated carbocycles. The van der Waals surface area contributed by atoms with Crippen molar-refractivity contribution in [3.05, 3.63) is 71.5 Å². The Morgan fingerprint density at radius 2 is 1.70 bits per heavy atom. The van der Waals surface area contributed by atoms with E-state index < -0.39 is 38.5 Å². The van der Waals surface area contributed by atoms with Crippen LogP contribution >= 0.6 is 0 Å². The molecule has 0 atom stereocenters. The zero-order valence-electron chi connectivity index (χ0n) is 20.1. The van der Waals surface area contributed by atoms with Crippen molar-refractivity contribution in [3.63, 3.8) is 0 Å². The molecule has 1 N–H and O–H groups in total. The standard InChI is InChI=1S/C25H24N6O6/c1-2-3-4-5-6-7-23(32)28-24-22(30(34)35)14-21(29-33)20(25(24)31(36)37)13-10-17-8-11-18(12-9-17)19(15-26)16-27/h8-12,14H,2-7,13H2,1H3,(H,28,32). The van der Waals surface area contributed by atoms with E-state index in [1.807, 2.05) is 6.92 Å². The van der Waals surface area contributed by atoms with Crippen LogP contribution in [0.2, 0.25) is 0 Å². The smallest absolute Gasteiger partial charge is 0.305 e. The highest BCUT2D eigenvalue weighted by Crippen LogP contribution is 2.43. The van der Waals surface area contributed by atoms with Gasteiger partial charge >= 0.3 is 11.4 Å². The zero-order chi connectivity index (χ0) is 27.4. The number of nitroso groups, excluding NO2 is 1. The van der Waals surface area contributed by atoms with E-state index in [1.54, 1.807) is 24.3 Å². The lowest BCUT2D eigenvalue weighted by molar-refractivity contribution is -0.392. The number of hydrogen-bond acceptors (Lipinski definition) is 9. The first-order valence-electron chi connectivity index (χ1n) is 11.5. The quantitative estimate of drug-likeness (QED) is 0.190. The lowest BCUT2D eigenvalue weighted by Crippen LogP contribution is -2.15. The van der Waals surface area contributed by atoms with Gasteiger partial charge in [0.25, 0.3) is 0 Å². The predicted molar refractivity (Wildman–Crippen MR) is 136 cm³/mol. The van der Waals surface area contributed by atoms with E-state index in [1.165, 1.54) is 18.2 Å². The van der Waals surface area contributed by atoms with E-state index >= 15 is 0 Å². The average molecular weight is 505 g/mol. The number of anilines is 1. The van der Waals surface area contributed by atoms with E-state index in [0.717, 1.165) is 31.7 Å². The van der Waals surface area contributed by atoms with Crippen molar-refractivity contribution in [3.8, 4) is 12.1 Å². The Morgan fingerprint density at radius 1 is 1.05 bits per heavy atom. The van der Waals surface area contributed by atoms with Crippen molar-refractivity contribution in [1.82, 2.24) is 0 Å². The van der Waals surface area contributed by atoms with Gasteiger partial charge in [0, 0.05) is 24.1 Å². The molecule has 12 heteroatoms. The minimum Gasteiger partial charge on any atom is -0.315 e. The second kappa shape index (κ2) is 13.8. The number of unbranched alkanes of at least 4 members (excludes halogenated alkanes) is 4. The summed E-state index contributed by atoms with van der Waals surface area (Å²) in [6.45, 7) is 2.05. The monoisotopic (exact) mass is 504 g/mol. The normalized spacial score (nSPS) is 10.0. The number of nitrogens with zero attached hydrogens (tertiary/aromatic N) is 5. The number of rotatable bonds is 12. The molecule has 1 amide bonds. The third-order valence-electron chi connectivity index (χ3n) is 5.58. The summed E-state index contributed by atoms with van der Waals surface area (Å²) in [7, 11) is 0. The highest BCUT2D eigenvalue weighted by Gasteiger charge is 2.33. The number of nitro benzene ring substituents is 2. The van der Waals surface area contributed by atoms with Crippen LogP contribution in [-0.2, 0) is 11.2 Å². The number of benzene rings is 2. The highest BCUT2D eigenvalue weighted by molar-refractivity contribution is 5.98. The fraction of sp³-hybridized carbons (Fsp3) is 0.320. The van der Waals surface area contributed by atoms with Gasteiger partial charge in [-0.3, -0.25) is 25.0 Å². The summed E-state index contributed by atoms with van der Waals surface area (Å²) in [6.07, 6.45) is 5.60. The average Bonchev–Trinajstić information content (AvgIpc) is 2.88. The summed E-state index contributed by atoms with van der Waals surface area (Å²) in [4.78, 5) is 45.8. The molecule has 0 bridgehead atoms. The van der Waals surface area contributed by atoms with Crippen molar-refractivity contribution < 1.29 is 14.6 Å². The number of carbonyl (C=O) groups excluding carboxylic acids is 1. The lowest BCUT2D eigenvalue weighted by Gasteiger charge is -2.11. The van der Waals surface area contributed by atoms with Crippen molar-refractivity contribution in [2.24, 2.45) is 5.18 Å². The Kier molecular flexibility index (Phi) is 10.5. The van der Waals surface area contributed by atoms with Crippen LogP contribution in [0.15, 0.2) is 35.5 Å². The Hall–Kier alpha value is -4.97. The lowest BCUT2D eigenvalue weighted by atomic mass is 10.0. The fourth-order valence-electron chi connectivity index (χ4n) is 3.68. The van der Waals surface area contributed by atoms with Crippen LogP contribution in [0.25, 0.3) is 11.6 Å². The number of amides is 1. The van der Waals surface area contributed by atoms with Crippen LogP contribution in [0.5, 0.6) is 0 Å². The maximum Gasteiger partial charge on any atom is 0.305 e. The first kappa shape index (κ1) is 28.3. The van der Waals surface area contributed by atoms with Crippen LogP contribution in [-0.4, -0.2) is 15.8 Å². The molecule has 0 aliphatic carbocycles. The maximum atomic E-state index is 12.5.